The molecular formula is C56H48F18N2O6S2. The summed E-state index contributed by atoms with van der Waals surface area (Å²) in [7, 11) is -8.72. The minimum absolute atomic E-state index is 0.110. The monoisotopic (exact) mass is 1250 g/mol. The summed E-state index contributed by atoms with van der Waals surface area (Å²) in [4.78, 5) is -0.586. The number of benzene rings is 6. The largest absolute Gasteiger partial charge is 0.430 e. The Morgan fingerprint density at radius 3 is 0.881 bits per heavy atom. The summed E-state index contributed by atoms with van der Waals surface area (Å²) in [6.07, 6.45) is -24.4. The molecule has 8 nitrogen and oxygen atoms in total. The Balaban J connectivity index is 0.000000241. The van der Waals surface area contributed by atoms with E-state index in [1.165, 1.54) is 0 Å². The zero-order chi connectivity index (χ0) is 62.3. The molecule has 84 heavy (non-hydrogen) atoms. The Kier molecular flexibility index (Phi) is 18.6. The highest BCUT2D eigenvalue weighted by molar-refractivity contribution is 7.92. The van der Waals surface area contributed by atoms with Gasteiger partial charge in [-0.05, 0) is 135 Å². The summed E-state index contributed by atoms with van der Waals surface area (Å²) >= 11 is 0. The number of sulfone groups is 2. The number of halogens is 18. The molecule has 0 unspecified atom stereocenters. The van der Waals surface area contributed by atoms with Crippen LogP contribution in [0, 0.1) is 34.9 Å². The van der Waals surface area contributed by atoms with Crippen LogP contribution in [0.15, 0.2) is 143 Å². The van der Waals surface area contributed by atoms with Crippen molar-refractivity contribution in [3.8, 4) is 0 Å². The number of ether oxygens (including phenoxy) is 2. The van der Waals surface area contributed by atoms with Gasteiger partial charge in [0.2, 0.25) is 0 Å². The van der Waals surface area contributed by atoms with E-state index in [0.717, 1.165) is 84.9 Å². The predicted molar refractivity (Wildman–Crippen MR) is 266 cm³/mol. The first-order valence-electron chi connectivity index (χ1n) is 25.1. The average molecular weight is 1250 g/mol. The molecule has 2 fully saturated rings. The Labute approximate surface area is 468 Å². The Hall–Kier alpha value is -6.20. The second kappa shape index (κ2) is 23.9. The molecule has 8 rings (SSSR count). The molecule has 0 aliphatic heterocycles. The fourth-order valence-electron chi connectivity index (χ4n) is 10.5. The van der Waals surface area contributed by atoms with Crippen LogP contribution in [0.2, 0.25) is 0 Å². The molecule has 0 atom stereocenters. The molecule has 0 heterocycles. The highest BCUT2D eigenvalue weighted by atomic mass is 32.2. The van der Waals surface area contributed by atoms with Crippen molar-refractivity contribution in [3.63, 3.8) is 0 Å². The van der Waals surface area contributed by atoms with Crippen LogP contribution in [-0.2, 0) is 63.1 Å². The van der Waals surface area contributed by atoms with E-state index in [2.05, 4.69) is 9.47 Å². The van der Waals surface area contributed by atoms with Gasteiger partial charge < -0.3 is 20.9 Å². The van der Waals surface area contributed by atoms with Crippen LogP contribution in [0.3, 0.4) is 0 Å². The van der Waals surface area contributed by atoms with Gasteiger partial charge in [-0.15, -0.1) is 0 Å². The Morgan fingerprint density at radius 1 is 0.393 bits per heavy atom. The fraction of sp³-hybridized carbons (Fsp3) is 0.357. The van der Waals surface area contributed by atoms with E-state index in [1.54, 1.807) is 0 Å². The quantitative estimate of drug-likeness (QED) is 0.0812. The van der Waals surface area contributed by atoms with Crippen LogP contribution >= 0.6 is 0 Å². The summed E-state index contributed by atoms with van der Waals surface area (Å²) in [5.41, 5.74) is -3.61. The van der Waals surface area contributed by atoms with Crippen LogP contribution in [0.25, 0.3) is 0 Å². The molecule has 0 saturated heterocycles. The number of alkyl halides is 12. The molecule has 2 aliphatic carbocycles. The highest BCUT2D eigenvalue weighted by Gasteiger charge is 2.75. The lowest BCUT2D eigenvalue weighted by atomic mass is 9.80. The zero-order valence-electron chi connectivity index (χ0n) is 43.2. The normalized spacial score (nSPS) is 20.5. The lowest BCUT2D eigenvalue weighted by Gasteiger charge is -2.40. The van der Waals surface area contributed by atoms with Gasteiger partial charge in [0, 0.05) is 34.3 Å². The molecule has 0 radical (unpaired) electrons. The minimum atomic E-state index is -6.16. The number of hydrogen-bond donors (Lipinski definition) is 2. The van der Waals surface area contributed by atoms with Gasteiger partial charge >= 0.3 is 24.7 Å². The van der Waals surface area contributed by atoms with Crippen molar-refractivity contribution in [1.82, 2.24) is 0 Å². The van der Waals surface area contributed by atoms with E-state index in [4.69, 9.17) is 11.5 Å². The van der Waals surface area contributed by atoms with Crippen LogP contribution in [0.5, 0.6) is 0 Å². The third kappa shape index (κ3) is 12.0. The van der Waals surface area contributed by atoms with Crippen LogP contribution in [0.1, 0.15) is 84.7 Å². The van der Waals surface area contributed by atoms with Gasteiger partial charge in [0.05, 0.1) is 23.0 Å². The molecule has 2 aliphatic rings. The lowest BCUT2D eigenvalue weighted by molar-refractivity contribution is -0.393. The second-order valence-corrected chi connectivity index (χ2v) is 24.6. The van der Waals surface area contributed by atoms with Gasteiger partial charge in [-0.3, -0.25) is 0 Å². The topological polar surface area (TPSA) is 139 Å². The Morgan fingerprint density at radius 2 is 0.643 bits per heavy atom. The molecule has 6 aromatic rings. The minimum Gasteiger partial charge on any atom is -0.349 e. The maximum atomic E-state index is 14.3. The van der Waals surface area contributed by atoms with Gasteiger partial charge in [-0.25, -0.2) is 43.2 Å². The molecule has 6 aromatic carbocycles. The summed E-state index contributed by atoms with van der Waals surface area (Å²) in [5, 5.41) is 0. The van der Waals surface area contributed by atoms with Gasteiger partial charge in [0.25, 0.3) is 11.2 Å². The van der Waals surface area contributed by atoms with E-state index < -0.39 is 148 Å². The summed E-state index contributed by atoms with van der Waals surface area (Å²) in [6, 6.07) is 16.3. The van der Waals surface area contributed by atoms with Crippen molar-refractivity contribution >= 4 is 19.7 Å². The molecule has 0 aromatic heterocycles. The number of rotatable bonds is 14. The first kappa shape index (κ1) is 65.3. The third-order valence-corrected chi connectivity index (χ3v) is 20.3. The van der Waals surface area contributed by atoms with E-state index >= 15 is 0 Å². The molecule has 4 N–H and O–H groups in total. The maximum Gasteiger partial charge on any atom is 0.430 e. The second-order valence-electron chi connectivity index (χ2n) is 20.1. The van der Waals surface area contributed by atoms with E-state index in [9.17, 15) is 95.9 Å². The van der Waals surface area contributed by atoms with Crippen molar-refractivity contribution in [2.24, 2.45) is 11.5 Å². The van der Waals surface area contributed by atoms with Gasteiger partial charge in [-0.1, -0.05) is 60.7 Å². The smallest absolute Gasteiger partial charge is 0.349 e. The molecule has 2 saturated carbocycles. The molecular weight excluding hydrogens is 1200 g/mol. The van der Waals surface area contributed by atoms with Crippen LogP contribution in [-0.4, -0.2) is 53.6 Å². The van der Waals surface area contributed by atoms with Crippen LogP contribution in [0.4, 0.5) is 79.0 Å². The molecule has 0 amide bonds. The lowest BCUT2D eigenvalue weighted by Crippen LogP contribution is -2.56. The standard InChI is InChI=1S/2C28H24F9NO3S/c2*29-19-8-10-21(11-9-19)42(39,40)25(14-12-20(38)13-15-25)17-4-6-18(7-5-17)26(27(32,33)34,28(35,36)37)41-16-22-23(30)2-1-3-24(22)31/h2*1-11,20H,12-16,38H2. The highest BCUT2D eigenvalue weighted by Crippen LogP contribution is 2.57. The predicted octanol–water partition coefficient (Wildman–Crippen LogP) is 14.4. The number of hydrogen-bond acceptors (Lipinski definition) is 8. The summed E-state index contributed by atoms with van der Waals surface area (Å²) < 4.78 is 315. The van der Waals surface area contributed by atoms with E-state index in [1.807, 2.05) is 0 Å². The van der Waals surface area contributed by atoms with Crippen molar-refractivity contribution in [2.75, 3.05) is 0 Å². The summed E-state index contributed by atoms with van der Waals surface area (Å²) in [6.45, 7) is -3.44. The SMILES string of the molecule is NC1CCC(c2ccc(C(OCc3c(F)cccc3F)(C(F)(F)F)C(F)(F)F)cc2)(S(=O)(=O)c2ccc(F)cc2)CC1.NC1CCC(c2ccc(C(OCc3c(F)cccc3F)(C(F)(F)F)C(F)(F)F)cc2)(S(=O)(=O)c2ccc(F)cc2)CC1. The van der Waals surface area contributed by atoms with Crippen LogP contribution < -0.4 is 11.5 Å². The van der Waals surface area contributed by atoms with Gasteiger partial charge in [0.1, 0.15) is 44.4 Å². The van der Waals surface area contributed by atoms with Crippen molar-refractivity contribution in [1.29, 1.82) is 0 Å². The summed E-state index contributed by atoms with van der Waals surface area (Å²) in [5.74, 6) is -7.08. The molecule has 0 bridgehead atoms. The van der Waals surface area contributed by atoms with Gasteiger partial charge in [-0.2, -0.15) is 52.7 Å². The zero-order valence-corrected chi connectivity index (χ0v) is 44.8. The average Bonchev–Trinajstić information content (AvgIpc) is 3.40. The molecule has 0 spiro atoms. The fourth-order valence-corrected chi connectivity index (χ4v) is 14.8. The maximum absolute atomic E-state index is 14.3. The first-order chi connectivity index (χ1) is 38.9. The van der Waals surface area contributed by atoms with Crippen molar-refractivity contribution in [2.45, 2.75) is 132 Å². The van der Waals surface area contributed by atoms with Crippen molar-refractivity contribution in [3.05, 3.63) is 202 Å². The van der Waals surface area contributed by atoms with Crippen molar-refractivity contribution < 1.29 is 105 Å². The first-order valence-corrected chi connectivity index (χ1v) is 28.0. The molecule has 456 valence electrons. The van der Waals surface area contributed by atoms with Gasteiger partial charge in [0.15, 0.2) is 19.7 Å². The van der Waals surface area contributed by atoms with E-state index in [0.29, 0.717) is 48.5 Å². The third-order valence-electron chi connectivity index (χ3n) is 15.2. The molecule has 28 heteroatoms. The van der Waals surface area contributed by atoms with E-state index in [-0.39, 0.29) is 72.3 Å². The number of nitrogens with two attached hydrogens (primary N) is 2. The Bertz CT molecular complexity index is 3190.